The summed E-state index contributed by atoms with van der Waals surface area (Å²) in [6, 6.07) is 16.7. The number of nitrogens with one attached hydrogen (secondary N) is 4. The number of aromatic amines is 1. The number of rotatable bonds is 5. The monoisotopic (exact) mass is 348 g/mol. The summed E-state index contributed by atoms with van der Waals surface area (Å²) in [5.74, 6) is 0.929. The van der Waals surface area contributed by atoms with Gasteiger partial charge in [-0.3, -0.25) is 9.17 Å². The molecule has 0 aliphatic rings. The molecule has 116 valence electrons. The molecule has 0 spiro atoms. The minimum Gasteiger partial charge on any atom is -0.482 e. The summed E-state index contributed by atoms with van der Waals surface area (Å²) < 4.78 is 8.23. The van der Waals surface area contributed by atoms with Gasteiger partial charge < -0.3 is 21.2 Å². The number of aromatic nitrogens is 1. The van der Waals surface area contributed by atoms with Crippen LogP contribution in [0.1, 0.15) is 5.56 Å². The minimum atomic E-state index is -0.515. The van der Waals surface area contributed by atoms with Crippen molar-refractivity contribution < 1.29 is 34.3 Å². The first-order chi connectivity index (χ1) is 11.1. The second-order valence-electron chi connectivity index (χ2n) is 4.68. The number of amidine groups is 1. The molecular weight excluding hydrogens is 335 g/mol. The number of hydrogen-bond acceptors (Lipinski definition) is 5. The summed E-state index contributed by atoms with van der Waals surface area (Å²) in [4.78, 5) is 11.6. The quantitative estimate of drug-likeness (QED) is 0.368. The summed E-state index contributed by atoms with van der Waals surface area (Å²) in [7, 11) is 0. The van der Waals surface area contributed by atoms with Crippen LogP contribution in [0.5, 0.6) is 11.5 Å². The molecule has 0 unspecified atom stereocenters. The predicted molar refractivity (Wildman–Crippen MR) is 92.3 cm³/mol. The molecule has 1 heterocycles. The number of H-pyrrole nitrogens is 1. The molecule has 3 aromatic rings. The topological polar surface area (TPSA) is 102 Å². The summed E-state index contributed by atoms with van der Waals surface area (Å²) >= 11 is 1.07. The summed E-state index contributed by atoms with van der Waals surface area (Å²) in [6.07, 6.45) is 0. The van der Waals surface area contributed by atoms with Gasteiger partial charge in [-0.1, -0.05) is 24.0 Å². The molecule has 0 fully saturated rings. The molecule has 0 saturated heterocycles. The molecule has 0 bridgehead atoms. The number of benzene rings is 2. The van der Waals surface area contributed by atoms with E-state index in [1.165, 1.54) is 0 Å². The maximum absolute atomic E-state index is 11.6. The van der Waals surface area contributed by atoms with Crippen LogP contribution >= 0.6 is 11.5 Å². The molecule has 8 heteroatoms. The van der Waals surface area contributed by atoms with Gasteiger partial charge in [0.25, 0.3) is 5.56 Å². The smallest absolute Gasteiger partial charge is 0.482 e. The minimum absolute atomic E-state index is 0. The fourth-order valence-corrected chi connectivity index (χ4v) is 2.74. The van der Waals surface area contributed by atoms with Gasteiger partial charge >= 0.3 is 29.6 Å². The van der Waals surface area contributed by atoms with Crippen LogP contribution in [0.15, 0.2) is 59.4 Å². The first-order valence-electron chi connectivity index (χ1n) is 6.75. The SMILES string of the molecule is N=C([NH-])c1c(Nc2ccc(Oc3ccccc3)cc2)s[nH]c1=O.[Na+]. The number of ether oxygens (including phenoxy) is 1. The normalized spacial score (nSPS) is 9.83. The maximum atomic E-state index is 11.6. The fourth-order valence-electron chi connectivity index (χ4n) is 1.98. The van der Waals surface area contributed by atoms with E-state index in [9.17, 15) is 4.79 Å². The van der Waals surface area contributed by atoms with Gasteiger partial charge in [-0.2, -0.15) is 0 Å². The van der Waals surface area contributed by atoms with Crippen LogP contribution in [0.4, 0.5) is 10.7 Å². The molecule has 6 nitrogen and oxygen atoms in total. The zero-order valence-corrected chi connectivity index (χ0v) is 15.7. The Balaban J connectivity index is 0.00000208. The van der Waals surface area contributed by atoms with Gasteiger partial charge in [-0.25, -0.2) is 0 Å². The first-order valence-corrected chi connectivity index (χ1v) is 7.57. The Morgan fingerprint density at radius 2 is 1.71 bits per heavy atom. The van der Waals surface area contributed by atoms with Crippen molar-refractivity contribution in [3.63, 3.8) is 0 Å². The van der Waals surface area contributed by atoms with E-state index in [1.807, 2.05) is 30.3 Å². The van der Waals surface area contributed by atoms with Crippen molar-refractivity contribution >= 4 is 28.1 Å². The van der Waals surface area contributed by atoms with Crippen LogP contribution in [0.25, 0.3) is 5.73 Å². The van der Waals surface area contributed by atoms with Gasteiger partial charge in [0.05, 0.1) is 5.56 Å². The molecule has 2 aromatic carbocycles. The molecule has 0 aliphatic carbocycles. The summed E-state index contributed by atoms with van der Waals surface area (Å²) in [6.45, 7) is 0. The zero-order chi connectivity index (χ0) is 16.2. The van der Waals surface area contributed by atoms with E-state index >= 15 is 0 Å². The molecule has 3 rings (SSSR count). The van der Waals surface area contributed by atoms with Gasteiger partial charge in [0.2, 0.25) is 0 Å². The molecule has 0 saturated carbocycles. The van der Waals surface area contributed by atoms with E-state index in [0.29, 0.717) is 10.8 Å². The molecule has 0 amide bonds. The van der Waals surface area contributed by atoms with Crippen molar-refractivity contribution in [2.24, 2.45) is 0 Å². The van der Waals surface area contributed by atoms with Crippen molar-refractivity contribution in [1.82, 2.24) is 4.37 Å². The Hall–Kier alpha value is -2.06. The number of anilines is 2. The second kappa shape index (κ2) is 8.16. The maximum Gasteiger partial charge on any atom is 1.00 e. The van der Waals surface area contributed by atoms with Crippen LogP contribution in [-0.4, -0.2) is 10.2 Å². The van der Waals surface area contributed by atoms with E-state index < -0.39 is 11.4 Å². The third-order valence-electron chi connectivity index (χ3n) is 3.04. The molecule has 0 aliphatic heterocycles. The van der Waals surface area contributed by atoms with E-state index in [2.05, 4.69) is 9.69 Å². The van der Waals surface area contributed by atoms with Crippen LogP contribution in [-0.2, 0) is 0 Å². The van der Waals surface area contributed by atoms with Crippen LogP contribution in [0.3, 0.4) is 0 Å². The third-order valence-corrected chi connectivity index (χ3v) is 3.84. The predicted octanol–water partition coefficient (Wildman–Crippen LogP) is 1.35. The standard InChI is InChI=1S/C16H14N4O2S.Na/c17-14(18)13-15(21)20-23-16(13)19-10-6-8-12(9-7-10)22-11-4-2-1-3-5-11;/h1-9H,(H5,17,18,19,20,21);/q;+1/p-1. The van der Waals surface area contributed by atoms with E-state index in [0.717, 1.165) is 23.0 Å². The van der Waals surface area contributed by atoms with Crippen molar-refractivity contribution in [2.45, 2.75) is 0 Å². The zero-order valence-electron chi connectivity index (χ0n) is 12.9. The Bertz CT molecular complexity index is 875. The number of para-hydroxylation sites is 1. The second-order valence-corrected chi connectivity index (χ2v) is 5.49. The molecule has 0 radical (unpaired) electrons. The Morgan fingerprint density at radius 1 is 1.08 bits per heavy atom. The van der Waals surface area contributed by atoms with E-state index in [1.54, 1.807) is 24.3 Å². The average Bonchev–Trinajstić information content (AvgIpc) is 2.91. The molecular formula is C16H13N4NaO2S. The summed E-state index contributed by atoms with van der Waals surface area (Å²) in [5.41, 5.74) is 7.70. The van der Waals surface area contributed by atoms with Gasteiger partial charge in [0.15, 0.2) is 0 Å². The van der Waals surface area contributed by atoms with Crippen molar-refractivity contribution in [2.75, 3.05) is 5.32 Å². The number of hydrogen-bond donors (Lipinski definition) is 3. The molecule has 1 aromatic heterocycles. The van der Waals surface area contributed by atoms with Crippen molar-refractivity contribution in [3.8, 4) is 11.5 Å². The largest absolute Gasteiger partial charge is 1.00 e. The Kier molecular flexibility index (Phi) is 6.22. The van der Waals surface area contributed by atoms with Crippen molar-refractivity contribution in [3.05, 3.63) is 76.2 Å². The summed E-state index contributed by atoms with van der Waals surface area (Å²) in [5, 5.41) is 10.8. The van der Waals surface area contributed by atoms with Crippen LogP contribution in [0, 0.1) is 5.41 Å². The average molecular weight is 348 g/mol. The van der Waals surface area contributed by atoms with E-state index in [4.69, 9.17) is 15.9 Å². The van der Waals surface area contributed by atoms with Crippen molar-refractivity contribution in [1.29, 1.82) is 5.41 Å². The molecule has 0 atom stereocenters. The van der Waals surface area contributed by atoms with Gasteiger partial charge in [-0.15, -0.1) is 0 Å². The van der Waals surface area contributed by atoms with Crippen LogP contribution in [0.2, 0.25) is 0 Å². The molecule has 4 N–H and O–H groups in total. The fraction of sp³-hybridized carbons (Fsp3) is 0. The Morgan fingerprint density at radius 3 is 2.33 bits per heavy atom. The van der Waals surface area contributed by atoms with E-state index in [-0.39, 0.29) is 35.1 Å². The van der Waals surface area contributed by atoms with Gasteiger partial charge in [0, 0.05) is 5.69 Å². The Labute approximate surface area is 164 Å². The van der Waals surface area contributed by atoms with Crippen LogP contribution < -0.4 is 45.2 Å². The third kappa shape index (κ3) is 4.27. The van der Waals surface area contributed by atoms with Gasteiger partial charge in [0.1, 0.15) is 16.5 Å². The first kappa shape index (κ1) is 18.3. The molecule has 24 heavy (non-hydrogen) atoms. The van der Waals surface area contributed by atoms with Gasteiger partial charge in [-0.05, 0) is 47.9 Å².